The van der Waals surface area contributed by atoms with Crippen molar-refractivity contribution in [2.24, 2.45) is 0 Å². The van der Waals surface area contributed by atoms with Crippen LogP contribution in [0.5, 0.6) is 5.75 Å². The Bertz CT molecular complexity index is 666. The van der Waals surface area contributed by atoms with E-state index in [4.69, 9.17) is 8.85 Å². The molecule has 3 heteroatoms. The van der Waals surface area contributed by atoms with Crippen LogP contribution in [0, 0.1) is 0 Å². The fourth-order valence-electron chi connectivity index (χ4n) is 2.27. The molecule has 90 valence electrons. The number of hydrogen-bond donors (Lipinski definition) is 1. The Labute approximate surface area is 106 Å². The average molecular weight is 233 g/mol. The number of ether oxygens (including phenoxy) is 1. The Morgan fingerprint density at radius 2 is 2.41 bits per heavy atom. The van der Waals surface area contributed by atoms with E-state index in [1.807, 2.05) is 11.9 Å². The first kappa shape index (κ1) is 7.77. The van der Waals surface area contributed by atoms with E-state index in [1.54, 1.807) is 19.2 Å². The molecule has 2 aromatic rings. The molecule has 0 saturated heterocycles. The van der Waals surface area contributed by atoms with Gasteiger partial charge in [0.15, 0.2) is 0 Å². The number of nitrogens with zero attached hydrogens (tertiary/aromatic N) is 1. The molecule has 17 heavy (non-hydrogen) atoms. The molecule has 1 aromatic heterocycles. The molecule has 0 amide bonds. The Morgan fingerprint density at radius 1 is 1.53 bits per heavy atom. The minimum Gasteiger partial charge on any atom is -0.497 e. The predicted octanol–water partition coefficient (Wildman–Crippen LogP) is 2.21. The lowest BCUT2D eigenvalue weighted by molar-refractivity contribution is 0.352. The number of aromatic amines is 1. The Morgan fingerprint density at radius 3 is 3.24 bits per heavy atom. The molecule has 0 spiro atoms. The van der Waals surface area contributed by atoms with E-state index in [9.17, 15) is 0 Å². The van der Waals surface area contributed by atoms with Crippen LogP contribution in [-0.2, 0) is 12.8 Å². The first-order valence-corrected chi connectivity index (χ1v) is 5.80. The smallest absolute Gasteiger partial charge is 0.120 e. The van der Waals surface area contributed by atoms with Crippen molar-refractivity contribution in [3.8, 4) is 5.75 Å². The van der Waals surface area contributed by atoms with Gasteiger partial charge in [-0.25, -0.2) is 0 Å². The van der Waals surface area contributed by atoms with E-state index in [1.165, 1.54) is 0 Å². The maximum Gasteiger partial charge on any atom is 0.120 e. The maximum atomic E-state index is 8.36. The van der Waals surface area contributed by atoms with Gasteiger partial charge < -0.3 is 14.6 Å². The molecule has 0 radical (unpaired) electrons. The van der Waals surface area contributed by atoms with Gasteiger partial charge in [-0.2, -0.15) is 0 Å². The number of fused-ring (bicyclic) bond motifs is 3. The van der Waals surface area contributed by atoms with Gasteiger partial charge in [0.05, 0.1) is 8.48 Å². The third-order valence-corrected chi connectivity index (χ3v) is 3.27. The van der Waals surface area contributed by atoms with Gasteiger partial charge in [0, 0.05) is 44.9 Å². The second kappa shape index (κ2) is 4.08. The molecule has 0 atom stereocenters. The highest BCUT2D eigenvalue weighted by Gasteiger charge is 2.16. The van der Waals surface area contributed by atoms with Crippen molar-refractivity contribution >= 4 is 10.9 Å². The highest BCUT2D eigenvalue weighted by Crippen LogP contribution is 2.28. The van der Waals surface area contributed by atoms with Crippen molar-refractivity contribution in [2.75, 3.05) is 27.2 Å². The van der Waals surface area contributed by atoms with E-state index in [0.717, 1.165) is 29.6 Å². The van der Waals surface area contributed by atoms with Gasteiger partial charge in [0.2, 0.25) is 0 Å². The third kappa shape index (κ3) is 1.80. The van der Waals surface area contributed by atoms with Crippen LogP contribution in [0.3, 0.4) is 0 Å². The summed E-state index contributed by atoms with van der Waals surface area (Å²) in [6.45, 7) is 1.19. The molecule has 3 rings (SSSR count). The van der Waals surface area contributed by atoms with E-state index < -0.39 is 6.37 Å². The van der Waals surface area contributed by atoms with Gasteiger partial charge in [-0.15, -0.1) is 0 Å². The molecule has 0 aliphatic carbocycles. The van der Waals surface area contributed by atoms with Crippen LogP contribution in [0.4, 0.5) is 0 Å². The molecule has 0 bridgehead atoms. The summed E-state index contributed by atoms with van der Waals surface area (Å²) in [7, 11) is 3.48. The Kier molecular flexibility index (Phi) is 1.86. The van der Waals surface area contributed by atoms with Crippen LogP contribution in [-0.4, -0.2) is 37.1 Å². The fourth-order valence-corrected chi connectivity index (χ4v) is 2.27. The summed E-state index contributed by atoms with van der Waals surface area (Å²) >= 11 is 0. The minimum atomic E-state index is -1.42. The quantitative estimate of drug-likeness (QED) is 0.818. The number of nitrogens with one attached hydrogen (secondary N) is 1. The van der Waals surface area contributed by atoms with Crippen LogP contribution in [0.25, 0.3) is 10.9 Å². The number of likely N-dealkylation sites (N-methyl/N-ethyl adjacent to an activating group) is 1. The molecule has 2 heterocycles. The number of rotatable bonds is 1. The predicted molar refractivity (Wildman–Crippen MR) is 69.8 cm³/mol. The van der Waals surface area contributed by atoms with Gasteiger partial charge in [-0.3, -0.25) is 0 Å². The first-order valence-electron chi connectivity index (χ1n) is 7.30. The molecular formula is C14H18N2O. The first-order chi connectivity index (χ1) is 9.42. The number of aromatic nitrogens is 1. The number of methoxy groups -OCH3 is 1. The lowest BCUT2D eigenvalue weighted by atomic mass is 10.1. The lowest BCUT2D eigenvalue weighted by Crippen LogP contribution is -2.21. The van der Waals surface area contributed by atoms with Crippen molar-refractivity contribution in [2.45, 2.75) is 12.8 Å². The van der Waals surface area contributed by atoms with Crippen molar-refractivity contribution in [1.29, 1.82) is 0 Å². The standard InChI is InChI=1S/C14H18N2O/c1-16-7-5-12-11-4-3-10(17-2)9-14(11)15-13(12)6-8-16/h3-4,9,15H,5-8H2,1-2H3/i3D,5D2. The van der Waals surface area contributed by atoms with E-state index in [2.05, 4.69) is 4.98 Å². The summed E-state index contributed by atoms with van der Waals surface area (Å²) in [5.41, 5.74) is 2.48. The van der Waals surface area contributed by atoms with Crippen LogP contribution < -0.4 is 4.74 Å². The topological polar surface area (TPSA) is 28.3 Å². The zero-order valence-electron chi connectivity index (χ0n) is 13.1. The Balaban J connectivity index is 2.26. The molecule has 1 aliphatic heterocycles. The van der Waals surface area contributed by atoms with Crippen LogP contribution >= 0.6 is 0 Å². The number of H-pyrrole nitrogens is 1. The summed E-state index contributed by atoms with van der Waals surface area (Å²) in [6, 6.07) is 3.77. The van der Waals surface area contributed by atoms with E-state index >= 15 is 0 Å². The van der Waals surface area contributed by atoms with Crippen molar-refractivity contribution < 1.29 is 8.85 Å². The molecule has 1 aromatic carbocycles. The summed E-state index contributed by atoms with van der Waals surface area (Å²) in [5, 5.41) is 0.797. The largest absolute Gasteiger partial charge is 0.497 e. The normalized spacial score (nSPS) is 22.4. The van der Waals surface area contributed by atoms with Crippen molar-refractivity contribution in [3.05, 3.63) is 29.4 Å². The molecule has 0 fully saturated rings. The Hall–Kier alpha value is -1.48. The second-order valence-electron chi connectivity index (χ2n) is 4.47. The van der Waals surface area contributed by atoms with Gasteiger partial charge in [-0.1, -0.05) is 0 Å². The number of benzene rings is 1. The molecular weight excluding hydrogens is 212 g/mol. The molecule has 1 aliphatic rings. The van der Waals surface area contributed by atoms with Crippen molar-refractivity contribution in [1.82, 2.24) is 9.88 Å². The summed E-state index contributed by atoms with van der Waals surface area (Å²) in [4.78, 5) is 5.31. The van der Waals surface area contributed by atoms with E-state index in [0.29, 0.717) is 17.9 Å². The maximum absolute atomic E-state index is 8.36. The highest BCUT2D eigenvalue weighted by molar-refractivity contribution is 5.86. The highest BCUT2D eigenvalue weighted by atomic mass is 16.5. The van der Waals surface area contributed by atoms with E-state index in [-0.39, 0.29) is 6.04 Å². The lowest BCUT2D eigenvalue weighted by Gasteiger charge is -2.11. The van der Waals surface area contributed by atoms with Crippen molar-refractivity contribution in [3.63, 3.8) is 0 Å². The van der Waals surface area contributed by atoms with Gasteiger partial charge in [0.25, 0.3) is 0 Å². The average Bonchev–Trinajstić information content (AvgIpc) is 2.67. The zero-order valence-corrected chi connectivity index (χ0v) is 10.1. The van der Waals surface area contributed by atoms with Crippen LogP contribution in [0.15, 0.2) is 18.2 Å². The zero-order chi connectivity index (χ0) is 14.5. The van der Waals surface area contributed by atoms with Crippen LogP contribution in [0.2, 0.25) is 0 Å². The van der Waals surface area contributed by atoms with Crippen LogP contribution in [0.1, 0.15) is 15.4 Å². The minimum absolute atomic E-state index is 0.287. The molecule has 3 nitrogen and oxygen atoms in total. The summed E-state index contributed by atoms with van der Waals surface area (Å²) in [6.07, 6.45) is -0.629. The second-order valence-corrected chi connectivity index (χ2v) is 4.47. The van der Waals surface area contributed by atoms with Gasteiger partial charge in [0.1, 0.15) is 5.75 Å². The molecule has 1 N–H and O–H groups in total. The van der Waals surface area contributed by atoms with Gasteiger partial charge in [-0.05, 0) is 31.1 Å². The molecule has 0 saturated carbocycles. The monoisotopic (exact) mass is 233 g/mol. The third-order valence-electron chi connectivity index (χ3n) is 3.27. The molecule has 0 unspecified atom stereocenters. The summed E-state index contributed by atoms with van der Waals surface area (Å²) in [5.74, 6) is 0.506. The summed E-state index contributed by atoms with van der Waals surface area (Å²) < 4.78 is 29.8. The fraction of sp³-hybridized carbons (Fsp3) is 0.429. The number of hydrogen-bond acceptors (Lipinski definition) is 2. The van der Waals surface area contributed by atoms with Gasteiger partial charge >= 0.3 is 0 Å². The SMILES string of the molecule is [2H]c1cc2c3c([nH]c2cc1OC)CCN(C)CC3([2H])[2H].